The average Bonchev–Trinajstić information content (AvgIpc) is 3.52. The zero-order chi connectivity index (χ0) is 19.2. The molecular formula is C22H20N6S. The van der Waals surface area contributed by atoms with Gasteiger partial charge in [-0.05, 0) is 78.2 Å². The maximum Gasteiger partial charge on any atom is 0.138 e. The summed E-state index contributed by atoms with van der Waals surface area (Å²) in [4.78, 5) is 13.0. The Morgan fingerprint density at radius 3 is 2.86 bits per heavy atom. The molecule has 3 N–H and O–H groups in total. The first kappa shape index (κ1) is 16.9. The van der Waals surface area contributed by atoms with Gasteiger partial charge in [-0.25, -0.2) is 9.97 Å². The molecule has 6 rings (SSSR count). The van der Waals surface area contributed by atoms with Gasteiger partial charge in [-0.1, -0.05) is 0 Å². The summed E-state index contributed by atoms with van der Waals surface area (Å²) in [7, 11) is 0. The van der Waals surface area contributed by atoms with Gasteiger partial charge >= 0.3 is 0 Å². The lowest BCUT2D eigenvalue weighted by Gasteiger charge is -2.22. The molecule has 144 valence electrons. The molecule has 6 nitrogen and oxygen atoms in total. The smallest absolute Gasteiger partial charge is 0.138 e. The molecule has 1 aliphatic heterocycles. The topological polar surface area (TPSA) is 82.3 Å². The van der Waals surface area contributed by atoms with Gasteiger partial charge in [0.15, 0.2) is 0 Å². The second-order valence-electron chi connectivity index (χ2n) is 7.54. The quantitative estimate of drug-likeness (QED) is 0.410. The maximum atomic E-state index is 5.02. The van der Waals surface area contributed by atoms with E-state index in [1.54, 1.807) is 11.3 Å². The lowest BCUT2D eigenvalue weighted by Crippen LogP contribution is -2.27. The van der Waals surface area contributed by atoms with Crippen molar-refractivity contribution in [1.29, 1.82) is 0 Å². The molecule has 0 aliphatic carbocycles. The number of rotatable bonds is 3. The monoisotopic (exact) mass is 400 g/mol. The number of thiophene rings is 1. The number of pyridine rings is 2. The van der Waals surface area contributed by atoms with Gasteiger partial charge in [0, 0.05) is 23.2 Å². The van der Waals surface area contributed by atoms with Crippen molar-refractivity contribution in [2.24, 2.45) is 0 Å². The molecule has 5 aromatic heterocycles. The molecule has 6 heterocycles. The minimum absolute atomic E-state index is 0.512. The zero-order valence-corrected chi connectivity index (χ0v) is 16.6. The molecule has 7 heteroatoms. The Hall–Kier alpha value is -3.03. The fraction of sp³-hybridized carbons (Fsp3) is 0.227. The molecule has 0 atom stereocenters. The third-order valence-corrected chi connectivity index (χ3v) is 6.49. The largest absolute Gasteiger partial charge is 0.338 e. The van der Waals surface area contributed by atoms with Crippen molar-refractivity contribution in [3.8, 4) is 22.5 Å². The average molecular weight is 401 g/mol. The number of piperidine rings is 1. The van der Waals surface area contributed by atoms with Crippen LogP contribution in [-0.2, 0) is 0 Å². The number of aromatic amines is 2. The number of fused-ring (bicyclic) bond motifs is 2. The van der Waals surface area contributed by atoms with Gasteiger partial charge in [0.2, 0.25) is 0 Å². The Kier molecular flexibility index (Phi) is 3.95. The minimum atomic E-state index is 0.512. The molecule has 0 amide bonds. The van der Waals surface area contributed by atoms with Gasteiger partial charge < -0.3 is 10.3 Å². The van der Waals surface area contributed by atoms with Gasteiger partial charge in [-0.2, -0.15) is 16.4 Å². The van der Waals surface area contributed by atoms with Crippen LogP contribution in [0.3, 0.4) is 0 Å². The Labute approximate surface area is 171 Å². The molecule has 1 saturated heterocycles. The first-order valence-electron chi connectivity index (χ1n) is 9.93. The van der Waals surface area contributed by atoms with Crippen molar-refractivity contribution in [1.82, 2.24) is 30.5 Å². The number of hydrogen-bond acceptors (Lipinski definition) is 5. The highest BCUT2D eigenvalue weighted by atomic mass is 32.1. The molecule has 0 bridgehead atoms. The first-order valence-corrected chi connectivity index (χ1v) is 10.9. The van der Waals surface area contributed by atoms with Crippen LogP contribution in [0.25, 0.3) is 44.6 Å². The molecule has 0 saturated carbocycles. The number of nitrogens with one attached hydrogen (secondary N) is 3. The lowest BCUT2D eigenvalue weighted by molar-refractivity contribution is 0.454. The van der Waals surface area contributed by atoms with Crippen molar-refractivity contribution in [2.45, 2.75) is 18.8 Å². The summed E-state index contributed by atoms with van der Waals surface area (Å²) >= 11 is 1.70. The summed E-state index contributed by atoms with van der Waals surface area (Å²) in [5.41, 5.74) is 8.10. The Bertz CT molecular complexity index is 1290. The highest BCUT2D eigenvalue weighted by molar-refractivity contribution is 7.08. The van der Waals surface area contributed by atoms with Crippen molar-refractivity contribution < 1.29 is 0 Å². The molecule has 1 aliphatic rings. The second kappa shape index (κ2) is 6.79. The highest BCUT2D eigenvalue weighted by Crippen LogP contribution is 2.34. The van der Waals surface area contributed by atoms with Crippen LogP contribution in [0.2, 0.25) is 0 Å². The Morgan fingerprint density at radius 1 is 1.07 bits per heavy atom. The van der Waals surface area contributed by atoms with E-state index in [4.69, 9.17) is 4.98 Å². The predicted octanol–water partition coefficient (Wildman–Crippen LogP) is 4.70. The number of H-pyrrole nitrogens is 2. The number of nitrogens with zero attached hydrogens (tertiary/aromatic N) is 3. The summed E-state index contributed by atoms with van der Waals surface area (Å²) < 4.78 is 0. The third-order valence-electron chi connectivity index (χ3n) is 5.81. The van der Waals surface area contributed by atoms with E-state index >= 15 is 0 Å². The summed E-state index contributed by atoms with van der Waals surface area (Å²) in [6.07, 6.45) is 4.11. The fourth-order valence-corrected chi connectivity index (χ4v) is 4.93. The minimum Gasteiger partial charge on any atom is -0.338 e. The molecule has 0 radical (unpaired) electrons. The summed E-state index contributed by atoms with van der Waals surface area (Å²) in [6, 6.07) is 10.6. The van der Waals surface area contributed by atoms with E-state index in [0.29, 0.717) is 5.92 Å². The van der Waals surface area contributed by atoms with Crippen LogP contribution >= 0.6 is 11.3 Å². The zero-order valence-electron chi connectivity index (χ0n) is 15.8. The predicted molar refractivity (Wildman–Crippen MR) is 117 cm³/mol. The Morgan fingerprint density at radius 2 is 2.00 bits per heavy atom. The van der Waals surface area contributed by atoms with Gasteiger partial charge in [-0.3, -0.25) is 5.10 Å². The van der Waals surface area contributed by atoms with Gasteiger partial charge in [0.05, 0.1) is 11.2 Å². The van der Waals surface area contributed by atoms with Crippen LogP contribution in [0, 0.1) is 0 Å². The molecule has 0 unspecified atom stereocenters. The third kappa shape index (κ3) is 2.85. The van der Waals surface area contributed by atoms with Crippen LogP contribution < -0.4 is 5.32 Å². The van der Waals surface area contributed by atoms with Crippen molar-refractivity contribution in [3.63, 3.8) is 0 Å². The standard InChI is InChI=1S/C22H20N6S/c1-2-18-20(25-17(1)13-3-7-23-8-4-13)21(28-27-18)19-11-16-15(14-6-10-29-12-14)5-9-24-22(16)26-19/h1-2,5-6,9-13,23H,3-4,7-8H2,(H,24,26)(H,27,28). The normalized spacial score (nSPS) is 15.4. The van der Waals surface area contributed by atoms with Crippen LogP contribution in [0.5, 0.6) is 0 Å². The van der Waals surface area contributed by atoms with E-state index in [0.717, 1.165) is 65.1 Å². The van der Waals surface area contributed by atoms with Crippen LogP contribution in [0.1, 0.15) is 24.5 Å². The number of aromatic nitrogens is 5. The summed E-state index contributed by atoms with van der Waals surface area (Å²) in [5, 5.41) is 16.5. The van der Waals surface area contributed by atoms with Gasteiger partial charge in [0.1, 0.15) is 16.9 Å². The van der Waals surface area contributed by atoms with Crippen LogP contribution in [-0.4, -0.2) is 38.2 Å². The van der Waals surface area contributed by atoms with Crippen molar-refractivity contribution >= 4 is 33.4 Å². The van der Waals surface area contributed by atoms with Crippen LogP contribution in [0.4, 0.5) is 0 Å². The lowest BCUT2D eigenvalue weighted by atomic mass is 9.94. The first-order chi connectivity index (χ1) is 14.4. The van der Waals surface area contributed by atoms with Crippen molar-refractivity contribution in [3.05, 3.63) is 53.0 Å². The molecule has 5 aromatic rings. The van der Waals surface area contributed by atoms with Crippen LogP contribution in [0.15, 0.2) is 47.3 Å². The molecule has 0 aromatic carbocycles. The van der Waals surface area contributed by atoms with E-state index in [1.807, 2.05) is 6.20 Å². The molecule has 1 fully saturated rings. The molecule has 0 spiro atoms. The highest BCUT2D eigenvalue weighted by Gasteiger charge is 2.19. The van der Waals surface area contributed by atoms with Gasteiger partial charge in [0.25, 0.3) is 0 Å². The Balaban J connectivity index is 1.48. The van der Waals surface area contributed by atoms with E-state index < -0.39 is 0 Å². The summed E-state index contributed by atoms with van der Waals surface area (Å²) in [6.45, 7) is 2.11. The van der Waals surface area contributed by atoms with E-state index in [2.05, 4.69) is 66.6 Å². The molecule has 29 heavy (non-hydrogen) atoms. The number of hydrogen-bond donors (Lipinski definition) is 3. The molecular weight excluding hydrogens is 380 g/mol. The second-order valence-corrected chi connectivity index (χ2v) is 8.32. The maximum absolute atomic E-state index is 5.02. The van der Waals surface area contributed by atoms with E-state index in [1.165, 1.54) is 11.1 Å². The fourth-order valence-electron chi connectivity index (χ4n) is 4.27. The van der Waals surface area contributed by atoms with Crippen molar-refractivity contribution in [2.75, 3.05) is 13.1 Å². The van der Waals surface area contributed by atoms with Gasteiger partial charge in [-0.15, -0.1) is 0 Å². The van der Waals surface area contributed by atoms with E-state index in [9.17, 15) is 0 Å². The van der Waals surface area contributed by atoms with E-state index in [-0.39, 0.29) is 0 Å². The summed E-state index contributed by atoms with van der Waals surface area (Å²) in [5.74, 6) is 0.512. The SMILES string of the molecule is c1cc(-c2ccsc2)c2cc(-c3n[nH]c4ccc(C5CCNCC5)nc34)[nH]c2n1.